The number of aromatic nitrogens is 1. The first-order chi connectivity index (χ1) is 16.8. The van der Waals surface area contributed by atoms with E-state index in [1.165, 1.54) is 19.2 Å². The number of primary amides is 1. The average molecular weight is 515 g/mol. The smallest absolute Gasteiger partial charge is 0.417 e. The molecular weight excluding hydrogens is 493 g/mol. The monoisotopic (exact) mass is 515 g/mol. The molecule has 0 radical (unpaired) electrons. The van der Waals surface area contributed by atoms with Crippen LogP contribution in [-0.2, 0) is 14.3 Å². The number of hydrogen-bond donors (Lipinski definition) is 2. The lowest BCUT2D eigenvalue weighted by Gasteiger charge is -2.32. The first kappa shape index (κ1) is 25.8. The zero-order valence-corrected chi connectivity index (χ0v) is 19.1. The van der Waals surface area contributed by atoms with Gasteiger partial charge in [-0.2, -0.15) is 17.6 Å². The third-order valence-electron chi connectivity index (χ3n) is 6.54. The number of rotatable bonds is 6. The van der Waals surface area contributed by atoms with E-state index < -0.39 is 65.0 Å². The molecule has 4 atom stereocenters. The molecule has 4 rings (SSSR count). The van der Waals surface area contributed by atoms with E-state index in [4.69, 9.17) is 19.9 Å². The molecule has 0 spiro atoms. The summed E-state index contributed by atoms with van der Waals surface area (Å²) in [5.74, 6) is -7.97. The number of hydrogen-bond acceptors (Lipinski definition) is 6. The molecule has 13 heteroatoms. The van der Waals surface area contributed by atoms with Gasteiger partial charge in [0, 0.05) is 29.3 Å². The lowest BCUT2D eigenvalue weighted by molar-refractivity contribution is -0.272. The Labute approximate surface area is 201 Å². The maximum Gasteiger partial charge on any atom is 0.417 e. The molecule has 2 aliphatic rings. The largest absolute Gasteiger partial charge is 0.482 e. The van der Waals surface area contributed by atoms with Crippen molar-refractivity contribution < 1.29 is 45.8 Å². The number of halogens is 5. The van der Waals surface area contributed by atoms with E-state index in [2.05, 4.69) is 10.3 Å². The molecule has 8 nitrogen and oxygen atoms in total. The third kappa shape index (κ3) is 4.48. The van der Waals surface area contributed by atoms with Crippen LogP contribution in [0.15, 0.2) is 30.5 Å². The van der Waals surface area contributed by atoms with Gasteiger partial charge in [-0.3, -0.25) is 14.6 Å². The molecule has 36 heavy (non-hydrogen) atoms. The Hall–Kier alpha value is -3.32. The van der Waals surface area contributed by atoms with Crippen molar-refractivity contribution in [1.29, 1.82) is 0 Å². The van der Waals surface area contributed by atoms with Gasteiger partial charge in [0.15, 0.2) is 17.2 Å². The van der Waals surface area contributed by atoms with Crippen LogP contribution in [0.5, 0.6) is 5.75 Å². The summed E-state index contributed by atoms with van der Waals surface area (Å²) in [4.78, 5) is 28.4. The van der Waals surface area contributed by atoms with E-state index in [0.29, 0.717) is 0 Å². The van der Waals surface area contributed by atoms with Crippen LogP contribution >= 0.6 is 0 Å². The topological polar surface area (TPSA) is 113 Å². The van der Waals surface area contributed by atoms with Crippen molar-refractivity contribution in [2.45, 2.75) is 43.8 Å². The minimum absolute atomic E-state index is 0.0211. The number of anilines is 1. The Balaban J connectivity index is 1.76. The summed E-state index contributed by atoms with van der Waals surface area (Å²) in [6.07, 6.45) is -6.16. The zero-order valence-electron chi connectivity index (χ0n) is 19.1. The predicted octanol–water partition coefficient (Wildman–Crippen LogP) is 3.31. The van der Waals surface area contributed by atoms with Crippen molar-refractivity contribution in [1.82, 2.24) is 4.98 Å². The average Bonchev–Trinajstić information content (AvgIpc) is 3.05. The number of carbonyl (C=O) groups is 2. The quantitative estimate of drug-likeness (QED) is 0.571. The Morgan fingerprint density at radius 1 is 1.22 bits per heavy atom. The number of nitrogens with zero attached hydrogens (tertiary/aromatic N) is 1. The lowest BCUT2D eigenvalue weighted by Crippen LogP contribution is -2.47. The maximum atomic E-state index is 14.8. The Morgan fingerprint density at radius 2 is 1.92 bits per heavy atom. The molecule has 0 saturated carbocycles. The van der Waals surface area contributed by atoms with E-state index in [-0.39, 0.29) is 30.2 Å². The predicted molar refractivity (Wildman–Crippen MR) is 114 cm³/mol. The first-order valence-corrected chi connectivity index (χ1v) is 10.9. The number of amides is 2. The van der Waals surface area contributed by atoms with Gasteiger partial charge in [-0.15, -0.1) is 0 Å². The van der Waals surface area contributed by atoms with Gasteiger partial charge in [0.2, 0.25) is 5.82 Å². The van der Waals surface area contributed by atoms with Gasteiger partial charge in [0.05, 0.1) is 13.2 Å². The highest BCUT2D eigenvalue weighted by atomic mass is 19.4. The lowest BCUT2D eigenvalue weighted by atomic mass is 9.77. The van der Waals surface area contributed by atoms with E-state index in [1.807, 2.05) is 0 Å². The highest BCUT2D eigenvalue weighted by molar-refractivity contribution is 5.97. The van der Waals surface area contributed by atoms with Gasteiger partial charge < -0.3 is 25.3 Å². The molecule has 2 amide bonds. The van der Waals surface area contributed by atoms with Crippen molar-refractivity contribution in [3.63, 3.8) is 0 Å². The molecule has 1 aromatic carbocycles. The van der Waals surface area contributed by atoms with Crippen LogP contribution in [0.25, 0.3) is 0 Å². The molecule has 2 aliphatic heterocycles. The van der Waals surface area contributed by atoms with Crippen molar-refractivity contribution in [3.8, 4) is 5.75 Å². The molecule has 0 unspecified atom stereocenters. The molecule has 1 aromatic heterocycles. The van der Waals surface area contributed by atoms with Crippen LogP contribution in [0.3, 0.4) is 0 Å². The van der Waals surface area contributed by atoms with Gasteiger partial charge in [-0.1, -0.05) is 13.0 Å². The second-order valence-corrected chi connectivity index (χ2v) is 8.80. The fourth-order valence-corrected chi connectivity index (χ4v) is 4.26. The van der Waals surface area contributed by atoms with Crippen molar-refractivity contribution >= 4 is 17.5 Å². The zero-order chi connectivity index (χ0) is 26.4. The summed E-state index contributed by atoms with van der Waals surface area (Å²) in [6.45, 7) is 2.16. The van der Waals surface area contributed by atoms with Crippen LogP contribution in [0.4, 0.5) is 27.6 Å². The summed E-state index contributed by atoms with van der Waals surface area (Å²) >= 11 is 0. The molecule has 3 N–H and O–H groups in total. The van der Waals surface area contributed by atoms with Crippen molar-refractivity contribution in [3.05, 3.63) is 53.4 Å². The van der Waals surface area contributed by atoms with Gasteiger partial charge in [-0.25, -0.2) is 4.39 Å². The number of carbonyl (C=O) groups excluding carboxylic acids is 2. The van der Waals surface area contributed by atoms with Crippen molar-refractivity contribution in [2.75, 3.05) is 18.5 Å². The highest BCUT2D eigenvalue weighted by Gasteiger charge is 2.66. The molecule has 2 fully saturated rings. The third-order valence-corrected chi connectivity index (χ3v) is 6.54. The molecule has 2 aromatic rings. The van der Waals surface area contributed by atoms with Gasteiger partial charge >= 0.3 is 6.18 Å². The molecule has 0 bridgehead atoms. The number of alkyl halides is 3. The van der Waals surface area contributed by atoms with Crippen LogP contribution in [-0.4, -0.2) is 54.0 Å². The van der Waals surface area contributed by atoms with E-state index >= 15 is 0 Å². The van der Waals surface area contributed by atoms with E-state index in [9.17, 15) is 31.5 Å². The van der Waals surface area contributed by atoms with E-state index in [1.54, 1.807) is 0 Å². The standard InChI is InChI=1S/C23H22F5N3O5/c1-10-16(13-3-4-14(24)17(25)18(13)35-12-8-34-9-12)19(36-22(10,2)23(26,27)28)21(33)31-11-5-6-30-15(7-11)20(29)32/h3-7,10,12,16,19H,8-9H2,1-2H3,(H2,29,32)(H,30,31,33)/t10-,16-,19+,22+/m0/s1. The molecule has 0 aliphatic carbocycles. The second kappa shape index (κ2) is 9.28. The minimum Gasteiger partial charge on any atom is -0.482 e. The fraction of sp³-hybridized carbons (Fsp3) is 0.435. The van der Waals surface area contributed by atoms with Crippen LogP contribution < -0.4 is 15.8 Å². The number of ether oxygens (including phenoxy) is 3. The molecule has 3 heterocycles. The number of benzene rings is 1. The van der Waals surface area contributed by atoms with Crippen LogP contribution in [0.2, 0.25) is 0 Å². The van der Waals surface area contributed by atoms with Gasteiger partial charge in [0.1, 0.15) is 17.9 Å². The fourth-order valence-electron chi connectivity index (χ4n) is 4.26. The molecule has 194 valence electrons. The van der Waals surface area contributed by atoms with Crippen molar-refractivity contribution in [2.24, 2.45) is 11.7 Å². The minimum atomic E-state index is -4.91. The number of nitrogens with two attached hydrogens (primary N) is 1. The number of nitrogens with one attached hydrogen (secondary N) is 1. The summed E-state index contributed by atoms with van der Waals surface area (Å²) in [5, 5.41) is 2.39. The summed E-state index contributed by atoms with van der Waals surface area (Å²) < 4.78 is 87.1. The summed E-state index contributed by atoms with van der Waals surface area (Å²) in [6, 6.07) is 4.27. The number of pyridine rings is 1. The van der Waals surface area contributed by atoms with E-state index in [0.717, 1.165) is 25.1 Å². The van der Waals surface area contributed by atoms with Gasteiger partial charge in [0.25, 0.3) is 11.8 Å². The van der Waals surface area contributed by atoms with Crippen LogP contribution in [0, 0.1) is 17.6 Å². The summed E-state index contributed by atoms with van der Waals surface area (Å²) in [7, 11) is 0. The Bertz CT molecular complexity index is 1190. The highest BCUT2D eigenvalue weighted by Crippen LogP contribution is 2.55. The maximum absolute atomic E-state index is 14.8. The Morgan fingerprint density at radius 3 is 2.50 bits per heavy atom. The molecule has 2 saturated heterocycles. The normalized spacial score (nSPS) is 26.4. The van der Waals surface area contributed by atoms with Crippen LogP contribution in [0.1, 0.15) is 35.8 Å². The second-order valence-electron chi connectivity index (χ2n) is 8.80. The Kier molecular flexibility index (Phi) is 6.64. The SMILES string of the molecule is C[C@H]1[C@@H](c2ccc(F)c(F)c2OC2COC2)[C@H](C(=O)Nc2ccnc(C(N)=O)c2)O[C@@]1(C)C(F)(F)F. The van der Waals surface area contributed by atoms with Gasteiger partial charge in [-0.05, 0) is 25.1 Å². The summed E-state index contributed by atoms with van der Waals surface area (Å²) in [5.41, 5.74) is 2.05. The molecular formula is C23H22F5N3O5. The first-order valence-electron chi connectivity index (χ1n) is 10.9.